The molecule has 1 heterocycles. The topological polar surface area (TPSA) is 99.8 Å². The number of aliphatic hydroxyl groups is 1. The molecule has 2 rings (SSSR count). The largest absolute Gasteiger partial charge is 0.480 e. The third-order valence-corrected chi connectivity index (χ3v) is 2.51. The predicted octanol–water partition coefficient (Wildman–Crippen LogP) is 0.608. The Labute approximate surface area is 102 Å². The Morgan fingerprint density at radius 1 is 1.33 bits per heavy atom. The molecule has 0 aliphatic carbocycles. The maximum atomic E-state index is 11.8. The lowest BCUT2D eigenvalue weighted by atomic mass is 10.1. The van der Waals surface area contributed by atoms with Gasteiger partial charge in [-0.15, -0.1) is 0 Å². The van der Waals surface area contributed by atoms with Crippen LogP contribution in [0.4, 0.5) is 0 Å². The van der Waals surface area contributed by atoms with Gasteiger partial charge in [0, 0.05) is 5.39 Å². The van der Waals surface area contributed by atoms with Gasteiger partial charge in [0.1, 0.15) is 11.8 Å². The molecule has 2 aromatic rings. The van der Waals surface area contributed by atoms with E-state index >= 15 is 0 Å². The molecule has 1 aromatic heterocycles. The molecule has 0 saturated heterocycles. The Hall–Kier alpha value is -2.34. The van der Waals surface area contributed by atoms with Gasteiger partial charge in [0.25, 0.3) is 5.91 Å². The molecule has 0 spiro atoms. The summed E-state index contributed by atoms with van der Waals surface area (Å²) in [5.74, 6) is -1.89. The fourth-order valence-electron chi connectivity index (χ4n) is 1.58. The molecule has 0 aliphatic rings. The highest BCUT2D eigenvalue weighted by Crippen LogP contribution is 2.20. The summed E-state index contributed by atoms with van der Waals surface area (Å²) in [7, 11) is 0. The van der Waals surface area contributed by atoms with Gasteiger partial charge in [0.2, 0.25) is 0 Å². The van der Waals surface area contributed by atoms with Crippen LogP contribution in [-0.2, 0) is 4.79 Å². The normalized spacial score (nSPS) is 12.3. The van der Waals surface area contributed by atoms with E-state index in [9.17, 15) is 9.59 Å². The van der Waals surface area contributed by atoms with Crippen LogP contribution >= 0.6 is 0 Å². The number of carbonyl (C=O) groups excluding carboxylic acids is 1. The number of carboxylic acids is 1. The van der Waals surface area contributed by atoms with Gasteiger partial charge in [-0.1, -0.05) is 18.2 Å². The molecule has 1 aromatic carbocycles. The summed E-state index contributed by atoms with van der Waals surface area (Å²) in [4.78, 5) is 22.5. The second kappa shape index (κ2) is 4.89. The van der Waals surface area contributed by atoms with Crippen molar-refractivity contribution in [1.29, 1.82) is 0 Å². The van der Waals surface area contributed by atoms with Crippen LogP contribution in [0.2, 0.25) is 0 Å². The van der Waals surface area contributed by atoms with E-state index in [0.29, 0.717) is 11.0 Å². The first-order valence-electron chi connectivity index (χ1n) is 5.24. The number of rotatable bonds is 4. The van der Waals surface area contributed by atoms with Gasteiger partial charge in [0.15, 0.2) is 6.04 Å². The van der Waals surface area contributed by atoms with Crippen molar-refractivity contribution in [1.82, 2.24) is 5.32 Å². The van der Waals surface area contributed by atoms with Crippen LogP contribution in [0.15, 0.2) is 34.9 Å². The lowest BCUT2D eigenvalue weighted by Gasteiger charge is -2.10. The number of furan rings is 1. The average molecular weight is 249 g/mol. The minimum atomic E-state index is -1.33. The quantitative estimate of drug-likeness (QED) is 0.737. The van der Waals surface area contributed by atoms with Crippen molar-refractivity contribution in [3.8, 4) is 0 Å². The average Bonchev–Trinajstić information content (AvgIpc) is 2.79. The Morgan fingerprint density at radius 3 is 2.72 bits per heavy atom. The van der Waals surface area contributed by atoms with E-state index < -0.39 is 24.5 Å². The summed E-state index contributed by atoms with van der Waals surface area (Å²) in [5.41, 5.74) is 0.781. The zero-order chi connectivity index (χ0) is 13.1. The molecule has 6 nitrogen and oxygen atoms in total. The van der Waals surface area contributed by atoms with Crippen molar-refractivity contribution < 1.29 is 24.2 Å². The first-order chi connectivity index (χ1) is 8.63. The van der Waals surface area contributed by atoms with Gasteiger partial charge < -0.3 is 19.9 Å². The number of carboxylic acid groups (broad SMARTS) is 1. The highest BCUT2D eigenvalue weighted by atomic mass is 16.4. The molecular weight excluding hydrogens is 238 g/mol. The molecule has 0 aliphatic heterocycles. The molecule has 94 valence electrons. The molecule has 0 radical (unpaired) electrons. The van der Waals surface area contributed by atoms with E-state index in [2.05, 4.69) is 5.32 Å². The number of hydrogen-bond acceptors (Lipinski definition) is 4. The third kappa shape index (κ3) is 2.18. The van der Waals surface area contributed by atoms with Crippen LogP contribution in [0, 0.1) is 0 Å². The van der Waals surface area contributed by atoms with Gasteiger partial charge in [-0.2, -0.15) is 0 Å². The summed E-state index contributed by atoms with van der Waals surface area (Å²) < 4.78 is 5.18. The lowest BCUT2D eigenvalue weighted by Crippen LogP contribution is -2.43. The van der Waals surface area contributed by atoms with Crippen LogP contribution in [0.3, 0.4) is 0 Å². The first kappa shape index (κ1) is 12.1. The molecule has 18 heavy (non-hydrogen) atoms. The Morgan fingerprint density at radius 2 is 2.06 bits per heavy atom. The number of fused-ring (bicyclic) bond motifs is 1. The molecule has 1 atom stereocenters. The van der Waals surface area contributed by atoms with E-state index in [1.54, 1.807) is 24.3 Å². The standard InChI is InChI=1S/C12H11NO5/c14-5-9(12(16)17)13-11(15)8-6-18-10-4-2-1-3-7(8)10/h1-4,6,9,14H,5H2,(H,13,15)(H,16,17)/t9-/m1/s1. The second-order valence-electron chi connectivity index (χ2n) is 3.69. The monoisotopic (exact) mass is 249 g/mol. The fourth-order valence-corrected chi connectivity index (χ4v) is 1.58. The van der Waals surface area contributed by atoms with Gasteiger partial charge in [-0.25, -0.2) is 4.79 Å². The molecule has 0 bridgehead atoms. The van der Waals surface area contributed by atoms with E-state index in [1.165, 1.54) is 6.26 Å². The number of benzene rings is 1. The molecule has 0 saturated carbocycles. The van der Waals surface area contributed by atoms with Crippen LogP contribution < -0.4 is 5.32 Å². The summed E-state index contributed by atoms with van der Waals surface area (Å²) in [6, 6.07) is 5.58. The third-order valence-electron chi connectivity index (χ3n) is 2.51. The molecule has 0 fully saturated rings. The molecule has 6 heteroatoms. The summed E-state index contributed by atoms with van der Waals surface area (Å²) >= 11 is 0. The zero-order valence-electron chi connectivity index (χ0n) is 9.29. The van der Waals surface area contributed by atoms with Crippen LogP contribution in [0.1, 0.15) is 10.4 Å². The molecule has 0 unspecified atom stereocenters. The van der Waals surface area contributed by atoms with Gasteiger partial charge in [-0.3, -0.25) is 4.79 Å². The highest BCUT2D eigenvalue weighted by molar-refractivity contribution is 6.06. The van der Waals surface area contributed by atoms with Crippen molar-refractivity contribution in [3.63, 3.8) is 0 Å². The number of aliphatic carboxylic acids is 1. The molecular formula is C12H11NO5. The smallest absolute Gasteiger partial charge is 0.328 e. The maximum Gasteiger partial charge on any atom is 0.328 e. The lowest BCUT2D eigenvalue weighted by molar-refractivity contribution is -0.140. The first-order valence-corrected chi connectivity index (χ1v) is 5.24. The van der Waals surface area contributed by atoms with E-state index in [-0.39, 0.29) is 5.56 Å². The number of amides is 1. The van der Waals surface area contributed by atoms with E-state index in [0.717, 1.165) is 0 Å². The summed E-state index contributed by atoms with van der Waals surface area (Å²) in [6.45, 7) is -0.670. The number of nitrogens with one attached hydrogen (secondary N) is 1. The van der Waals surface area contributed by atoms with Crippen molar-refractivity contribution in [2.45, 2.75) is 6.04 Å². The fraction of sp³-hybridized carbons (Fsp3) is 0.167. The SMILES string of the molecule is O=C(N[C@H](CO)C(=O)O)c1coc2ccccc12. The number of carbonyl (C=O) groups is 2. The Balaban J connectivity index is 2.26. The summed E-state index contributed by atoms with van der Waals surface area (Å²) in [6.07, 6.45) is 1.26. The highest BCUT2D eigenvalue weighted by Gasteiger charge is 2.21. The Bertz CT molecular complexity index is 589. The zero-order valence-corrected chi connectivity index (χ0v) is 9.29. The number of para-hydroxylation sites is 1. The van der Waals surface area contributed by atoms with Crippen molar-refractivity contribution in [2.75, 3.05) is 6.61 Å². The van der Waals surface area contributed by atoms with Gasteiger partial charge >= 0.3 is 5.97 Å². The molecule has 3 N–H and O–H groups in total. The Kier molecular flexibility index (Phi) is 3.29. The predicted molar refractivity (Wildman–Crippen MR) is 62.2 cm³/mol. The van der Waals surface area contributed by atoms with Crippen molar-refractivity contribution >= 4 is 22.8 Å². The number of hydrogen-bond donors (Lipinski definition) is 3. The van der Waals surface area contributed by atoms with Gasteiger partial charge in [-0.05, 0) is 6.07 Å². The van der Waals surface area contributed by atoms with Crippen LogP contribution in [0.25, 0.3) is 11.0 Å². The van der Waals surface area contributed by atoms with Crippen LogP contribution in [-0.4, -0.2) is 34.7 Å². The maximum absolute atomic E-state index is 11.8. The van der Waals surface area contributed by atoms with E-state index in [4.69, 9.17) is 14.6 Å². The minimum absolute atomic E-state index is 0.241. The second-order valence-corrected chi connectivity index (χ2v) is 3.69. The van der Waals surface area contributed by atoms with Crippen LogP contribution in [0.5, 0.6) is 0 Å². The number of aliphatic hydroxyl groups excluding tert-OH is 1. The molecule has 1 amide bonds. The van der Waals surface area contributed by atoms with Crippen molar-refractivity contribution in [2.24, 2.45) is 0 Å². The summed E-state index contributed by atoms with van der Waals surface area (Å²) in [5, 5.41) is 20.4. The van der Waals surface area contributed by atoms with E-state index in [1.807, 2.05) is 0 Å². The van der Waals surface area contributed by atoms with Crippen molar-refractivity contribution in [3.05, 3.63) is 36.1 Å². The minimum Gasteiger partial charge on any atom is -0.480 e. The van der Waals surface area contributed by atoms with Gasteiger partial charge in [0.05, 0.1) is 12.2 Å².